The Morgan fingerprint density at radius 3 is 2.19 bits per heavy atom. The number of rotatable bonds is 6. The van der Waals surface area contributed by atoms with Crippen LogP contribution in [-0.4, -0.2) is 13.6 Å². The molecule has 0 amide bonds. The molecule has 0 heterocycles. The quantitative estimate of drug-likeness (QED) is 0.828. The van der Waals surface area contributed by atoms with E-state index in [1.54, 1.807) is 0 Å². The van der Waals surface area contributed by atoms with Gasteiger partial charge in [-0.15, -0.1) is 0 Å². The molecule has 0 aromatic heterocycles. The number of hydrogen-bond acceptors (Lipinski definition) is 1. The minimum absolute atomic E-state index is 0.260. The lowest BCUT2D eigenvalue weighted by Crippen LogP contribution is -2.39. The van der Waals surface area contributed by atoms with E-state index in [0.717, 1.165) is 18.4 Å². The van der Waals surface area contributed by atoms with Gasteiger partial charge in [0, 0.05) is 12.0 Å². The molecule has 1 nitrogen and oxygen atoms in total. The monoisotopic (exact) mass is 279 g/mol. The molecule has 1 heteroatoms. The Balaban J connectivity index is 1.91. The summed E-state index contributed by atoms with van der Waals surface area (Å²) in [5, 5.41) is 3.45. The number of nitrogens with one attached hydrogen (secondary N) is 1. The van der Waals surface area contributed by atoms with Gasteiger partial charge in [0.15, 0.2) is 0 Å². The van der Waals surface area contributed by atoms with Crippen LogP contribution in [0.4, 0.5) is 0 Å². The summed E-state index contributed by atoms with van der Waals surface area (Å²) in [5.74, 6) is 1.47. The summed E-state index contributed by atoms with van der Waals surface area (Å²) in [6.45, 7) is 3.40. The van der Waals surface area contributed by atoms with Crippen LogP contribution < -0.4 is 5.32 Å². The van der Waals surface area contributed by atoms with E-state index in [1.165, 1.54) is 24.0 Å². The van der Waals surface area contributed by atoms with Gasteiger partial charge < -0.3 is 5.32 Å². The second-order valence-corrected chi connectivity index (χ2v) is 6.27. The third kappa shape index (κ3) is 2.63. The van der Waals surface area contributed by atoms with Gasteiger partial charge in [0.1, 0.15) is 0 Å². The Kier molecular flexibility index (Phi) is 4.12. The predicted molar refractivity (Wildman–Crippen MR) is 89.6 cm³/mol. The van der Waals surface area contributed by atoms with Crippen molar-refractivity contribution < 1.29 is 0 Å². The summed E-state index contributed by atoms with van der Waals surface area (Å²) in [6.07, 6.45) is 2.50. The van der Waals surface area contributed by atoms with Gasteiger partial charge >= 0.3 is 0 Å². The van der Waals surface area contributed by atoms with Crippen molar-refractivity contribution in [2.45, 2.75) is 31.1 Å². The van der Waals surface area contributed by atoms with Crippen LogP contribution >= 0.6 is 0 Å². The smallest absolute Gasteiger partial charge is 0.0109 e. The molecule has 1 aliphatic carbocycles. The van der Waals surface area contributed by atoms with Crippen molar-refractivity contribution in [3.63, 3.8) is 0 Å². The molecule has 0 radical (unpaired) electrons. The summed E-state index contributed by atoms with van der Waals surface area (Å²) >= 11 is 0. The summed E-state index contributed by atoms with van der Waals surface area (Å²) in [4.78, 5) is 0. The SMILES string of the molecule is CCC(CNC)(c1ccccc1)C1CC1c1ccccc1. The molecule has 3 atom stereocenters. The first-order valence-corrected chi connectivity index (χ1v) is 8.07. The van der Waals surface area contributed by atoms with Gasteiger partial charge in [0.05, 0.1) is 0 Å². The van der Waals surface area contributed by atoms with Crippen molar-refractivity contribution in [2.75, 3.05) is 13.6 Å². The second kappa shape index (κ2) is 6.03. The molecule has 1 saturated carbocycles. The van der Waals surface area contributed by atoms with E-state index in [-0.39, 0.29) is 5.41 Å². The van der Waals surface area contributed by atoms with E-state index >= 15 is 0 Å². The lowest BCUT2D eigenvalue weighted by atomic mass is 9.72. The lowest BCUT2D eigenvalue weighted by Gasteiger charge is -2.34. The number of benzene rings is 2. The fraction of sp³-hybridized carbons (Fsp3) is 0.400. The van der Waals surface area contributed by atoms with Crippen LogP contribution in [0.2, 0.25) is 0 Å². The van der Waals surface area contributed by atoms with Crippen LogP contribution in [-0.2, 0) is 5.41 Å². The molecular weight excluding hydrogens is 254 g/mol. The molecule has 110 valence electrons. The largest absolute Gasteiger partial charge is 0.319 e. The zero-order valence-corrected chi connectivity index (χ0v) is 13.0. The summed E-state index contributed by atoms with van der Waals surface area (Å²) in [6, 6.07) is 22.1. The Hall–Kier alpha value is -1.60. The maximum atomic E-state index is 3.45. The standard InChI is InChI=1S/C20H25N/c1-3-20(15-21-2,17-12-8-5-9-13-17)19-14-18(19)16-10-6-4-7-11-16/h4-13,18-19,21H,3,14-15H2,1-2H3. The molecule has 0 bridgehead atoms. The first-order chi connectivity index (χ1) is 10.3. The summed E-state index contributed by atoms with van der Waals surface area (Å²) in [5.41, 5.74) is 3.26. The molecule has 0 saturated heterocycles. The van der Waals surface area contributed by atoms with Gasteiger partial charge in [0.25, 0.3) is 0 Å². The van der Waals surface area contributed by atoms with Gasteiger partial charge in [-0.2, -0.15) is 0 Å². The topological polar surface area (TPSA) is 12.0 Å². The van der Waals surface area contributed by atoms with Crippen molar-refractivity contribution >= 4 is 0 Å². The van der Waals surface area contributed by atoms with Crippen LogP contribution in [0.25, 0.3) is 0 Å². The Bertz CT molecular complexity index is 563. The third-order valence-corrected chi connectivity index (χ3v) is 5.20. The minimum atomic E-state index is 0.260. The van der Waals surface area contributed by atoms with Crippen molar-refractivity contribution in [3.8, 4) is 0 Å². The van der Waals surface area contributed by atoms with E-state index in [9.17, 15) is 0 Å². The average molecular weight is 279 g/mol. The third-order valence-electron chi connectivity index (χ3n) is 5.20. The highest BCUT2D eigenvalue weighted by molar-refractivity contribution is 5.35. The van der Waals surface area contributed by atoms with E-state index in [2.05, 4.69) is 80.0 Å². The molecule has 0 aliphatic heterocycles. The van der Waals surface area contributed by atoms with Crippen LogP contribution in [0.5, 0.6) is 0 Å². The van der Waals surface area contributed by atoms with Gasteiger partial charge in [-0.3, -0.25) is 0 Å². The first kappa shape index (κ1) is 14.3. The Labute approximate surface area is 128 Å². The molecule has 0 spiro atoms. The first-order valence-electron chi connectivity index (χ1n) is 8.07. The highest BCUT2D eigenvalue weighted by atomic mass is 14.8. The van der Waals surface area contributed by atoms with Crippen molar-refractivity contribution in [1.82, 2.24) is 5.32 Å². The van der Waals surface area contributed by atoms with E-state index in [0.29, 0.717) is 0 Å². The van der Waals surface area contributed by atoms with Gasteiger partial charge in [-0.25, -0.2) is 0 Å². The molecule has 2 aromatic carbocycles. The molecule has 1 fully saturated rings. The van der Waals surface area contributed by atoms with E-state index in [4.69, 9.17) is 0 Å². The number of hydrogen-bond donors (Lipinski definition) is 1. The molecule has 3 unspecified atom stereocenters. The summed E-state index contributed by atoms with van der Waals surface area (Å²) < 4.78 is 0. The lowest BCUT2D eigenvalue weighted by molar-refractivity contribution is 0.337. The highest BCUT2D eigenvalue weighted by Crippen LogP contribution is 2.58. The maximum Gasteiger partial charge on any atom is 0.0109 e. The van der Waals surface area contributed by atoms with Crippen molar-refractivity contribution in [1.29, 1.82) is 0 Å². The van der Waals surface area contributed by atoms with E-state index in [1.807, 2.05) is 0 Å². The Morgan fingerprint density at radius 1 is 1.00 bits per heavy atom. The molecule has 1 N–H and O–H groups in total. The van der Waals surface area contributed by atoms with Crippen LogP contribution in [0.3, 0.4) is 0 Å². The molecule has 1 aliphatic rings. The van der Waals surface area contributed by atoms with Crippen LogP contribution in [0.1, 0.15) is 36.8 Å². The van der Waals surface area contributed by atoms with Crippen LogP contribution in [0.15, 0.2) is 60.7 Å². The zero-order chi connectivity index (χ0) is 14.7. The second-order valence-electron chi connectivity index (χ2n) is 6.27. The predicted octanol–water partition coefficient (Wildman–Crippen LogP) is 4.36. The molecule has 3 rings (SSSR count). The minimum Gasteiger partial charge on any atom is -0.319 e. The van der Waals surface area contributed by atoms with Gasteiger partial charge in [0.2, 0.25) is 0 Å². The maximum absolute atomic E-state index is 3.45. The van der Waals surface area contributed by atoms with Crippen LogP contribution in [0, 0.1) is 5.92 Å². The summed E-state index contributed by atoms with van der Waals surface area (Å²) in [7, 11) is 2.08. The van der Waals surface area contributed by atoms with E-state index < -0.39 is 0 Å². The van der Waals surface area contributed by atoms with Gasteiger partial charge in [-0.1, -0.05) is 67.6 Å². The van der Waals surface area contributed by atoms with Crippen molar-refractivity contribution in [3.05, 3.63) is 71.8 Å². The average Bonchev–Trinajstić information content (AvgIpc) is 3.35. The molecule has 21 heavy (non-hydrogen) atoms. The molecular formula is C20H25N. The highest BCUT2D eigenvalue weighted by Gasteiger charge is 2.52. The zero-order valence-electron chi connectivity index (χ0n) is 13.0. The van der Waals surface area contributed by atoms with Crippen molar-refractivity contribution in [2.24, 2.45) is 5.92 Å². The fourth-order valence-corrected chi connectivity index (χ4v) is 4.00. The van der Waals surface area contributed by atoms with Gasteiger partial charge in [-0.05, 0) is 42.9 Å². The Morgan fingerprint density at radius 2 is 1.62 bits per heavy atom. The number of likely N-dealkylation sites (N-methyl/N-ethyl adjacent to an activating group) is 1. The molecule has 2 aromatic rings. The fourth-order valence-electron chi connectivity index (χ4n) is 4.00. The normalized spacial score (nSPS) is 23.5.